The van der Waals surface area contributed by atoms with Crippen LogP contribution in [0.3, 0.4) is 0 Å². The lowest BCUT2D eigenvalue weighted by Gasteiger charge is -2.09. The Labute approximate surface area is 92.5 Å². The normalized spacial score (nSPS) is 12.0. The third-order valence-corrected chi connectivity index (χ3v) is 2.16. The molecule has 0 radical (unpaired) electrons. The number of carbonyl (C=O) groups is 1. The van der Waals surface area contributed by atoms with E-state index in [-0.39, 0.29) is 5.65 Å². The summed E-state index contributed by atoms with van der Waals surface area (Å²) >= 11 is 0. The van der Waals surface area contributed by atoms with Gasteiger partial charge in [-0.2, -0.15) is 18.3 Å². The first-order valence-corrected chi connectivity index (χ1v) is 4.46. The maximum Gasteiger partial charge on any atom is 0.433 e. The van der Waals surface area contributed by atoms with Crippen molar-refractivity contribution in [3.63, 3.8) is 0 Å². The Morgan fingerprint density at radius 2 is 2.12 bits per heavy atom. The van der Waals surface area contributed by atoms with Crippen molar-refractivity contribution >= 4 is 11.6 Å². The Hall–Kier alpha value is -2.12. The molecule has 0 spiro atoms. The number of halogens is 3. The maximum absolute atomic E-state index is 12.7. The summed E-state index contributed by atoms with van der Waals surface area (Å²) in [5.74, 6) is -1.52. The predicted octanol–water partition coefficient (Wildman–Crippen LogP) is 1.75. The standard InChI is InChI=1S/C9H6F3N3O2/c1-4-3-13-15-6(9(10,11)12)2-5(8(16)17)14-7(4)15/h2-3H,1H3,(H,16,17). The SMILES string of the molecule is Cc1cnn2c(C(F)(F)F)cc(C(=O)O)nc12. The van der Waals surface area contributed by atoms with Crippen LogP contribution in [-0.4, -0.2) is 25.7 Å². The molecule has 0 atom stereocenters. The van der Waals surface area contributed by atoms with Gasteiger partial charge >= 0.3 is 12.1 Å². The van der Waals surface area contributed by atoms with Crippen molar-refractivity contribution < 1.29 is 23.1 Å². The molecular weight excluding hydrogens is 239 g/mol. The molecule has 5 nitrogen and oxygen atoms in total. The number of alkyl halides is 3. The minimum Gasteiger partial charge on any atom is -0.477 e. The Morgan fingerprint density at radius 3 is 2.65 bits per heavy atom. The second kappa shape index (κ2) is 3.44. The number of fused-ring (bicyclic) bond motifs is 1. The molecule has 0 unspecified atom stereocenters. The van der Waals surface area contributed by atoms with Crippen LogP contribution in [-0.2, 0) is 6.18 Å². The fraction of sp³-hybridized carbons (Fsp3) is 0.222. The van der Waals surface area contributed by atoms with Crippen LogP contribution in [0.4, 0.5) is 13.2 Å². The number of carboxylic acid groups (broad SMARTS) is 1. The van der Waals surface area contributed by atoms with Crippen LogP contribution in [0.2, 0.25) is 0 Å². The van der Waals surface area contributed by atoms with Gasteiger partial charge in [0, 0.05) is 11.6 Å². The van der Waals surface area contributed by atoms with Crippen molar-refractivity contribution in [1.82, 2.24) is 14.6 Å². The molecule has 8 heteroatoms. The molecule has 0 aliphatic heterocycles. The molecule has 0 amide bonds. The van der Waals surface area contributed by atoms with Crippen molar-refractivity contribution in [2.75, 3.05) is 0 Å². The third-order valence-electron chi connectivity index (χ3n) is 2.16. The maximum atomic E-state index is 12.7. The largest absolute Gasteiger partial charge is 0.477 e. The highest BCUT2D eigenvalue weighted by Gasteiger charge is 2.35. The minimum absolute atomic E-state index is 0.114. The summed E-state index contributed by atoms with van der Waals surface area (Å²) in [6.45, 7) is 1.50. The monoisotopic (exact) mass is 245 g/mol. The lowest BCUT2D eigenvalue weighted by atomic mass is 10.3. The highest BCUT2D eigenvalue weighted by Crippen LogP contribution is 2.30. The smallest absolute Gasteiger partial charge is 0.433 e. The molecule has 2 aromatic heterocycles. The van der Waals surface area contributed by atoms with Gasteiger partial charge in [-0.05, 0) is 6.92 Å². The van der Waals surface area contributed by atoms with Gasteiger partial charge in [-0.25, -0.2) is 14.3 Å². The number of nitrogens with zero attached hydrogens (tertiary/aromatic N) is 3. The topological polar surface area (TPSA) is 67.5 Å². The molecule has 0 fully saturated rings. The Kier molecular flexibility index (Phi) is 2.30. The molecule has 0 bridgehead atoms. The summed E-state index contributed by atoms with van der Waals surface area (Å²) in [5, 5.41) is 12.2. The van der Waals surface area contributed by atoms with Gasteiger partial charge in [0.15, 0.2) is 17.0 Å². The Balaban J connectivity index is 2.85. The van der Waals surface area contributed by atoms with Crippen molar-refractivity contribution in [3.05, 3.63) is 29.2 Å². The number of hydrogen-bond acceptors (Lipinski definition) is 3. The summed E-state index contributed by atoms with van der Waals surface area (Å²) in [7, 11) is 0. The number of aryl methyl sites for hydroxylation is 1. The quantitative estimate of drug-likeness (QED) is 0.831. The fourth-order valence-corrected chi connectivity index (χ4v) is 1.38. The van der Waals surface area contributed by atoms with Crippen molar-refractivity contribution in [2.24, 2.45) is 0 Å². The second-order valence-corrected chi connectivity index (χ2v) is 3.39. The van der Waals surface area contributed by atoms with Gasteiger partial charge in [0.1, 0.15) is 0 Å². The first kappa shape index (κ1) is 11.4. The molecule has 0 saturated heterocycles. The van der Waals surface area contributed by atoms with Crippen LogP contribution in [0.5, 0.6) is 0 Å². The van der Waals surface area contributed by atoms with Gasteiger partial charge in [0.2, 0.25) is 0 Å². The van der Waals surface area contributed by atoms with E-state index in [1.54, 1.807) is 0 Å². The van der Waals surface area contributed by atoms with Gasteiger partial charge in [-0.1, -0.05) is 0 Å². The minimum atomic E-state index is -4.69. The number of aromatic carboxylic acids is 1. The van der Waals surface area contributed by atoms with E-state index in [0.717, 1.165) is 0 Å². The number of rotatable bonds is 1. The Bertz CT molecular complexity index is 603. The van der Waals surface area contributed by atoms with Crippen LogP contribution in [0, 0.1) is 6.92 Å². The molecule has 1 N–H and O–H groups in total. The summed E-state index contributed by atoms with van der Waals surface area (Å²) in [5.41, 5.74) is -1.56. The summed E-state index contributed by atoms with van der Waals surface area (Å²) in [4.78, 5) is 14.3. The third kappa shape index (κ3) is 1.81. The Morgan fingerprint density at radius 1 is 1.47 bits per heavy atom. The average molecular weight is 245 g/mol. The number of aromatic nitrogens is 3. The zero-order chi connectivity index (χ0) is 12.8. The van der Waals surface area contributed by atoms with Crippen molar-refractivity contribution in [2.45, 2.75) is 13.1 Å². The first-order valence-electron chi connectivity index (χ1n) is 4.46. The van der Waals surface area contributed by atoms with E-state index in [1.807, 2.05) is 0 Å². The van der Waals surface area contributed by atoms with Crippen LogP contribution < -0.4 is 0 Å². The lowest BCUT2D eigenvalue weighted by molar-refractivity contribution is -0.142. The van der Waals surface area contributed by atoms with E-state index < -0.39 is 23.5 Å². The summed E-state index contributed by atoms with van der Waals surface area (Å²) < 4.78 is 38.7. The van der Waals surface area contributed by atoms with Crippen LogP contribution in [0.1, 0.15) is 21.7 Å². The predicted molar refractivity (Wildman–Crippen MR) is 49.7 cm³/mol. The molecule has 0 aliphatic rings. The molecule has 2 heterocycles. The number of hydrogen-bond donors (Lipinski definition) is 1. The molecule has 90 valence electrons. The highest BCUT2D eigenvalue weighted by atomic mass is 19.4. The summed E-state index contributed by atoms with van der Waals surface area (Å²) in [6.07, 6.45) is -3.49. The van der Waals surface area contributed by atoms with Gasteiger partial charge in [-0.15, -0.1) is 0 Å². The molecule has 2 rings (SSSR count). The van der Waals surface area contributed by atoms with Gasteiger partial charge in [0.05, 0.1) is 6.20 Å². The van der Waals surface area contributed by atoms with E-state index in [9.17, 15) is 18.0 Å². The van der Waals surface area contributed by atoms with Crippen molar-refractivity contribution in [1.29, 1.82) is 0 Å². The van der Waals surface area contributed by atoms with Gasteiger partial charge in [0.25, 0.3) is 0 Å². The van der Waals surface area contributed by atoms with Crippen LogP contribution in [0.25, 0.3) is 5.65 Å². The number of carboxylic acids is 1. The lowest BCUT2D eigenvalue weighted by Crippen LogP contribution is -2.16. The van der Waals surface area contributed by atoms with E-state index in [4.69, 9.17) is 5.11 Å². The molecule has 17 heavy (non-hydrogen) atoms. The first-order chi connectivity index (χ1) is 7.80. The molecule has 0 saturated carbocycles. The van der Waals surface area contributed by atoms with Gasteiger partial charge in [-0.3, -0.25) is 0 Å². The molecular formula is C9H6F3N3O2. The average Bonchev–Trinajstić information content (AvgIpc) is 2.58. The van der Waals surface area contributed by atoms with Crippen molar-refractivity contribution in [3.8, 4) is 0 Å². The van der Waals surface area contributed by atoms with E-state index >= 15 is 0 Å². The molecule has 0 aromatic carbocycles. The fourth-order valence-electron chi connectivity index (χ4n) is 1.38. The van der Waals surface area contributed by atoms with Crippen LogP contribution >= 0.6 is 0 Å². The zero-order valence-electron chi connectivity index (χ0n) is 8.49. The van der Waals surface area contributed by atoms with E-state index in [1.165, 1.54) is 13.1 Å². The van der Waals surface area contributed by atoms with Crippen LogP contribution in [0.15, 0.2) is 12.3 Å². The summed E-state index contributed by atoms with van der Waals surface area (Å²) in [6, 6.07) is 0.460. The highest BCUT2D eigenvalue weighted by molar-refractivity contribution is 5.86. The second-order valence-electron chi connectivity index (χ2n) is 3.39. The molecule has 2 aromatic rings. The zero-order valence-corrected chi connectivity index (χ0v) is 8.49. The molecule has 0 aliphatic carbocycles. The van der Waals surface area contributed by atoms with E-state index in [2.05, 4.69) is 10.1 Å². The van der Waals surface area contributed by atoms with E-state index in [0.29, 0.717) is 16.1 Å². The van der Waals surface area contributed by atoms with Gasteiger partial charge < -0.3 is 5.11 Å².